The van der Waals surface area contributed by atoms with Gasteiger partial charge >= 0.3 is 5.97 Å². The molecule has 0 heterocycles. The Morgan fingerprint density at radius 1 is 0.931 bits per heavy atom. The van der Waals surface area contributed by atoms with Crippen LogP contribution in [0.2, 0.25) is 0 Å². The van der Waals surface area contributed by atoms with Crippen LogP contribution >= 0.6 is 0 Å². The zero-order valence-electron chi connectivity index (χ0n) is 17.9. The minimum absolute atomic E-state index is 0.0275. The highest BCUT2D eigenvalue weighted by Gasteiger charge is 2.61. The van der Waals surface area contributed by atoms with Crippen molar-refractivity contribution in [2.24, 2.45) is 34.5 Å². The average molecular weight is 395 g/mol. The van der Waals surface area contributed by atoms with E-state index in [1.165, 1.54) is 25.7 Å². The summed E-state index contributed by atoms with van der Waals surface area (Å²) in [5.74, 6) is 2.66. The first kappa shape index (κ1) is 19.3. The van der Waals surface area contributed by atoms with Crippen LogP contribution < -0.4 is 0 Å². The van der Waals surface area contributed by atoms with Crippen molar-refractivity contribution in [3.63, 3.8) is 0 Å². The fourth-order valence-electron chi connectivity index (χ4n) is 8.08. The molecule has 0 N–H and O–H groups in total. The van der Waals surface area contributed by atoms with Gasteiger partial charge in [-0.25, -0.2) is 4.79 Å². The Morgan fingerprint density at radius 2 is 1.69 bits per heavy atom. The number of hydrogen-bond acceptors (Lipinski definition) is 3. The van der Waals surface area contributed by atoms with Crippen LogP contribution in [0.1, 0.15) is 82.0 Å². The number of carbonyl (C=O) groups excluding carboxylic acids is 2. The molecule has 1 aromatic rings. The standard InChI is InChI=1S/C26H34O3/c1-25-15-6-9-22(27)21(25)11-10-18-19-12-13-23(26(19,2)16-14-20(18)25)29-24(28)17-7-4-3-5-8-17/h3-5,7-8,18-21,23H,6,9-16H2,1-2H3/t18-,19-,20-,21-,23-,25+,26-/m0/s1. The van der Waals surface area contributed by atoms with Crippen molar-refractivity contribution in [2.45, 2.75) is 77.7 Å². The highest BCUT2D eigenvalue weighted by Crippen LogP contribution is 2.66. The molecular formula is C26H34O3. The third kappa shape index (κ3) is 2.91. The Kier molecular flexibility index (Phi) is 4.64. The van der Waals surface area contributed by atoms with Crippen LogP contribution in [0.3, 0.4) is 0 Å². The van der Waals surface area contributed by atoms with Gasteiger partial charge in [-0.05, 0) is 86.7 Å². The summed E-state index contributed by atoms with van der Waals surface area (Å²) in [6.07, 6.45) is 9.87. The Balaban J connectivity index is 1.36. The number of esters is 1. The second-order valence-corrected chi connectivity index (χ2v) is 10.7. The third-order valence-electron chi connectivity index (χ3n) is 9.57. The van der Waals surface area contributed by atoms with E-state index in [1.54, 1.807) is 0 Å². The zero-order chi connectivity index (χ0) is 20.2. The van der Waals surface area contributed by atoms with Crippen LogP contribution in [-0.4, -0.2) is 17.9 Å². The highest BCUT2D eigenvalue weighted by molar-refractivity contribution is 5.89. The number of benzene rings is 1. The summed E-state index contributed by atoms with van der Waals surface area (Å²) in [6.45, 7) is 4.81. The Labute approximate surface area is 174 Å². The molecule has 7 atom stereocenters. The Hall–Kier alpha value is -1.64. The van der Waals surface area contributed by atoms with E-state index < -0.39 is 0 Å². The van der Waals surface area contributed by atoms with E-state index in [-0.39, 0.29) is 22.9 Å². The van der Waals surface area contributed by atoms with Gasteiger partial charge in [-0.2, -0.15) is 0 Å². The minimum atomic E-state index is -0.173. The van der Waals surface area contributed by atoms with Crippen LogP contribution in [-0.2, 0) is 9.53 Å². The molecule has 3 nitrogen and oxygen atoms in total. The van der Waals surface area contributed by atoms with Gasteiger partial charge in [-0.3, -0.25) is 4.79 Å². The molecule has 5 rings (SSSR count). The van der Waals surface area contributed by atoms with Crippen molar-refractivity contribution >= 4 is 11.8 Å². The van der Waals surface area contributed by atoms with E-state index in [9.17, 15) is 9.59 Å². The van der Waals surface area contributed by atoms with Crippen molar-refractivity contribution in [2.75, 3.05) is 0 Å². The predicted molar refractivity (Wildman–Crippen MR) is 112 cm³/mol. The van der Waals surface area contributed by atoms with Crippen LogP contribution in [0.15, 0.2) is 30.3 Å². The van der Waals surface area contributed by atoms with Crippen molar-refractivity contribution in [1.82, 2.24) is 0 Å². The number of rotatable bonds is 2. The molecule has 0 radical (unpaired) electrons. The summed E-state index contributed by atoms with van der Waals surface area (Å²) in [4.78, 5) is 25.4. The first-order valence-electron chi connectivity index (χ1n) is 11.7. The molecular weight excluding hydrogens is 360 g/mol. The molecule has 0 aromatic heterocycles. The third-order valence-corrected chi connectivity index (χ3v) is 9.57. The SMILES string of the molecule is C[C@]12CCCC(=O)[C@@H]1CC[C@@H]1[C@@H]2CC[C@]2(C)[C@@H](OC(=O)c3ccccc3)CC[C@@H]12. The first-order chi connectivity index (χ1) is 13.9. The van der Waals surface area contributed by atoms with Crippen molar-refractivity contribution in [1.29, 1.82) is 0 Å². The lowest BCUT2D eigenvalue weighted by molar-refractivity contribution is -0.150. The van der Waals surface area contributed by atoms with E-state index in [0.29, 0.717) is 35.0 Å². The molecule has 0 bridgehead atoms. The maximum Gasteiger partial charge on any atom is 0.338 e. The van der Waals surface area contributed by atoms with Crippen molar-refractivity contribution in [3.05, 3.63) is 35.9 Å². The van der Waals surface area contributed by atoms with Crippen molar-refractivity contribution in [3.8, 4) is 0 Å². The molecule has 0 saturated heterocycles. The molecule has 0 spiro atoms. The first-order valence-corrected chi connectivity index (χ1v) is 11.7. The van der Waals surface area contributed by atoms with E-state index >= 15 is 0 Å². The van der Waals surface area contributed by atoms with E-state index in [1.807, 2.05) is 30.3 Å². The van der Waals surface area contributed by atoms with Crippen LogP contribution in [0.5, 0.6) is 0 Å². The molecule has 4 saturated carbocycles. The summed E-state index contributed by atoms with van der Waals surface area (Å²) in [6, 6.07) is 9.40. The minimum Gasteiger partial charge on any atom is -0.458 e. The number of ketones is 1. The van der Waals surface area contributed by atoms with Gasteiger partial charge in [0.05, 0.1) is 5.56 Å². The number of carbonyl (C=O) groups is 2. The summed E-state index contributed by atoms with van der Waals surface area (Å²) < 4.78 is 6.11. The van der Waals surface area contributed by atoms with Gasteiger partial charge < -0.3 is 4.74 Å². The summed E-state index contributed by atoms with van der Waals surface area (Å²) >= 11 is 0. The quantitative estimate of drug-likeness (QED) is 0.593. The fourth-order valence-corrected chi connectivity index (χ4v) is 8.08. The van der Waals surface area contributed by atoms with Gasteiger partial charge in [-0.1, -0.05) is 32.0 Å². The summed E-state index contributed by atoms with van der Waals surface area (Å²) in [7, 11) is 0. The molecule has 3 heteroatoms. The fraction of sp³-hybridized carbons (Fsp3) is 0.692. The maximum atomic E-state index is 12.7. The lowest BCUT2D eigenvalue weighted by Crippen LogP contribution is -2.55. The second-order valence-electron chi connectivity index (χ2n) is 10.7. The summed E-state index contributed by atoms with van der Waals surface area (Å²) in [5, 5.41) is 0. The molecule has 0 aliphatic heterocycles. The molecule has 0 amide bonds. The molecule has 4 aliphatic carbocycles. The topological polar surface area (TPSA) is 43.4 Å². The Bertz CT molecular complexity index is 801. The number of ether oxygens (including phenoxy) is 1. The number of Topliss-reactive ketones (excluding diaryl/α,β-unsaturated/α-hetero) is 1. The molecule has 29 heavy (non-hydrogen) atoms. The van der Waals surface area contributed by atoms with Gasteiger partial charge in [0.1, 0.15) is 11.9 Å². The Morgan fingerprint density at radius 3 is 2.48 bits per heavy atom. The smallest absolute Gasteiger partial charge is 0.338 e. The van der Waals surface area contributed by atoms with Crippen LogP contribution in [0.4, 0.5) is 0 Å². The van der Waals surface area contributed by atoms with Gasteiger partial charge in [-0.15, -0.1) is 0 Å². The van der Waals surface area contributed by atoms with E-state index in [0.717, 1.165) is 32.1 Å². The lowest BCUT2D eigenvalue weighted by atomic mass is 9.45. The molecule has 0 unspecified atom stereocenters. The summed E-state index contributed by atoms with van der Waals surface area (Å²) in [5.41, 5.74) is 0.952. The van der Waals surface area contributed by atoms with E-state index in [4.69, 9.17) is 4.74 Å². The zero-order valence-corrected chi connectivity index (χ0v) is 17.9. The van der Waals surface area contributed by atoms with Crippen molar-refractivity contribution < 1.29 is 14.3 Å². The second kappa shape index (κ2) is 6.96. The van der Waals surface area contributed by atoms with Crippen LogP contribution in [0, 0.1) is 34.5 Å². The van der Waals surface area contributed by atoms with Gasteiger partial charge in [0.15, 0.2) is 0 Å². The average Bonchev–Trinajstić information content (AvgIpc) is 3.05. The molecule has 4 fully saturated rings. The maximum absolute atomic E-state index is 12.7. The van der Waals surface area contributed by atoms with Gasteiger partial charge in [0.2, 0.25) is 0 Å². The largest absolute Gasteiger partial charge is 0.458 e. The van der Waals surface area contributed by atoms with Gasteiger partial charge in [0.25, 0.3) is 0 Å². The normalized spacial score (nSPS) is 43.8. The number of fused-ring (bicyclic) bond motifs is 5. The predicted octanol–water partition coefficient (Wildman–Crippen LogP) is 5.82. The molecule has 156 valence electrons. The molecule has 4 aliphatic rings. The molecule has 1 aromatic carbocycles. The van der Waals surface area contributed by atoms with E-state index in [2.05, 4.69) is 13.8 Å². The van der Waals surface area contributed by atoms with Crippen LogP contribution in [0.25, 0.3) is 0 Å². The van der Waals surface area contributed by atoms with Gasteiger partial charge in [0, 0.05) is 17.8 Å². The lowest BCUT2D eigenvalue weighted by Gasteiger charge is -2.59. The highest BCUT2D eigenvalue weighted by atomic mass is 16.5. The monoisotopic (exact) mass is 394 g/mol. The number of hydrogen-bond donors (Lipinski definition) is 0.